The highest BCUT2D eigenvalue weighted by atomic mass is 32.2. The number of nitrogens with zero attached hydrogens (tertiary/aromatic N) is 3. The summed E-state index contributed by atoms with van der Waals surface area (Å²) in [6, 6.07) is 9.60. The number of anilines is 2. The van der Waals surface area contributed by atoms with Crippen molar-refractivity contribution >= 4 is 29.3 Å². The fraction of sp³-hybridized carbons (Fsp3) is 0.308. The molecule has 20 heavy (non-hydrogen) atoms. The van der Waals surface area contributed by atoms with Crippen molar-refractivity contribution in [3.63, 3.8) is 0 Å². The lowest BCUT2D eigenvalue weighted by Crippen LogP contribution is -2.36. The summed E-state index contributed by atoms with van der Waals surface area (Å²) in [5.74, 6) is 0.273. The maximum absolute atomic E-state index is 12.5. The standard InChI is InChI=1S/C13H17N5OS/c1-3-18(10-7-5-4-6-8-10)11(19)9(2)20-13-15-12(14)16-17-13/h4-9H,3H2,1-2H3,(H3,14,15,16,17). The van der Waals surface area contributed by atoms with Gasteiger partial charge >= 0.3 is 0 Å². The van der Waals surface area contributed by atoms with Crippen LogP contribution in [0.3, 0.4) is 0 Å². The normalized spacial score (nSPS) is 12.1. The molecule has 0 fully saturated rings. The van der Waals surface area contributed by atoms with Crippen molar-refractivity contribution in [1.29, 1.82) is 0 Å². The molecule has 1 heterocycles. The molecule has 0 saturated heterocycles. The van der Waals surface area contributed by atoms with Crippen molar-refractivity contribution in [2.45, 2.75) is 24.3 Å². The van der Waals surface area contributed by atoms with Gasteiger partial charge in [0.25, 0.3) is 0 Å². The molecule has 0 aliphatic heterocycles. The van der Waals surface area contributed by atoms with Crippen LogP contribution >= 0.6 is 11.8 Å². The monoisotopic (exact) mass is 291 g/mol. The smallest absolute Gasteiger partial charge is 0.240 e. The average Bonchev–Trinajstić information content (AvgIpc) is 2.86. The number of aromatic amines is 1. The summed E-state index contributed by atoms with van der Waals surface area (Å²) >= 11 is 1.29. The maximum atomic E-state index is 12.5. The zero-order valence-electron chi connectivity index (χ0n) is 11.4. The minimum Gasteiger partial charge on any atom is -0.368 e. The Morgan fingerprint density at radius 1 is 1.45 bits per heavy atom. The molecule has 0 aliphatic rings. The second-order valence-electron chi connectivity index (χ2n) is 4.18. The second kappa shape index (κ2) is 6.42. The van der Waals surface area contributed by atoms with Gasteiger partial charge in [-0.25, -0.2) is 5.10 Å². The summed E-state index contributed by atoms with van der Waals surface area (Å²) in [6.45, 7) is 4.40. The third-order valence-corrected chi connectivity index (χ3v) is 3.71. The van der Waals surface area contributed by atoms with E-state index < -0.39 is 0 Å². The second-order valence-corrected chi connectivity index (χ2v) is 5.49. The van der Waals surface area contributed by atoms with E-state index in [1.807, 2.05) is 44.2 Å². The van der Waals surface area contributed by atoms with Crippen LogP contribution in [0.2, 0.25) is 0 Å². The lowest BCUT2D eigenvalue weighted by molar-refractivity contribution is -0.117. The SMILES string of the molecule is CCN(C(=O)C(C)Sc1n[nH]c(N)n1)c1ccccc1. The van der Waals surface area contributed by atoms with Gasteiger partial charge in [-0.1, -0.05) is 30.0 Å². The van der Waals surface area contributed by atoms with Crippen molar-refractivity contribution in [2.24, 2.45) is 0 Å². The van der Waals surface area contributed by atoms with Crippen LogP contribution in [0, 0.1) is 0 Å². The Morgan fingerprint density at radius 2 is 2.15 bits per heavy atom. The molecule has 3 N–H and O–H groups in total. The minimum atomic E-state index is -0.287. The zero-order valence-corrected chi connectivity index (χ0v) is 12.2. The molecule has 1 amide bonds. The van der Waals surface area contributed by atoms with Gasteiger partial charge in [-0.15, -0.1) is 5.10 Å². The van der Waals surface area contributed by atoms with E-state index in [2.05, 4.69) is 15.2 Å². The number of hydrogen-bond acceptors (Lipinski definition) is 5. The first kappa shape index (κ1) is 14.4. The molecule has 1 unspecified atom stereocenters. The highest BCUT2D eigenvalue weighted by molar-refractivity contribution is 8.00. The van der Waals surface area contributed by atoms with Gasteiger partial charge in [0, 0.05) is 12.2 Å². The largest absolute Gasteiger partial charge is 0.368 e. The molecular formula is C13H17N5OS. The van der Waals surface area contributed by atoms with Crippen LogP contribution in [0.15, 0.2) is 35.5 Å². The molecule has 1 aromatic carbocycles. The first-order chi connectivity index (χ1) is 9.61. The summed E-state index contributed by atoms with van der Waals surface area (Å²) in [6.07, 6.45) is 0. The number of carbonyl (C=O) groups is 1. The number of aromatic nitrogens is 3. The van der Waals surface area contributed by atoms with E-state index in [0.717, 1.165) is 5.69 Å². The summed E-state index contributed by atoms with van der Waals surface area (Å²) in [5.41, 5.74) is 6.36. The van der Waals surface area contributed by atoms with Gasteiger partial charge in [-0.3, -0.25) is 4.79 Å². The van der Waals surface area contributed by atoms with Gasteiger partial charge in [0.15, 0.2) is 0 Å². The van der Waals surface area contributed by atoms with E-state index in [0.29, 0.717) is 11.7 Å². The van der Waals surface area contributed by atoms with Crippen LogP contribution < -0.4 is 10.6 Å². The number of H-pyrrole nitrogens is 1. The number of thioether (sulfide) groups is 1. The van der Waals surface area contributed by atoms with Crippen LogP contribution in [0.25, 0.3) is 0 Å². The number of para-hydroxylation sites is 1. The van der Waals surface area contributed by atoms with Gasteiger partial charge < -0.3 is 10.6 Å². The van der Waals surface area contributed by atoms with Crippen LogP contribution in [0.5, 0.6) is 0 Å². The van der Waals surface area contributed by atoms with Crippen LogP contribution in [-0.4, -0.2) is 32.9 Å². The number of nitrogens with one attached hydrogen (secondary N) is 1. The Labute approximate surface area is 121 Å². The fourth-order valence-corrected chi connectivity index (χ4v) is 2.61. The summed E-state index contributed by atoms with van der Waals surface area (Å²) in [5, 5.41) is 6.68. The first-order valence-electron chi connectivity index (χ1n) is 6.32. The van der Waals surface area contributed by atoms with Crippen molar-refractivity contribution in [3.05, 3.63) is 30.3 Å². The van der Waals surface area contributed by atoms with Gasteiger partial charge in [0.2, 0.25) is 17.0 Å². The number of benzene rings is 1. The fourth-order valence-electron chi connectivity index (χ4n) is 1.81. The lowest BCUT2D eigenvalue weighted by atomic mass is 10.2. The molecule has 2 rings (SSSR count). The number of hydrogen-bond donors (Lipinski definition) is 2. The number of nitrogen functional groups attached to an aromatic ring is 1. The molecule has 7 heteroatoms. The number of rotatable bonds is 5. The summed E-state index contributed by atoms with van der Waals surface area (Å²) in [4.78, 5) is 18.2. The average molecular weight is 291 g/mol. The predicted molar refractivity (Wildman–Crippen MR) is 80.6 cm³/mol. The highest BCUT2D eigenvalue weighted by Crippen LogP contribution is 2.23. The number of carbonyl (C=O) groups excluding carboxylic acids is 1. The van der Waals surface area contributed by atoms with Crippen LogP contribution in [0.4, 0.5) is 11.6 Å². The van der Waals surface area contributed by atoms with Crippen LogP contribution in [-0.2, 0) is 4.79 Å². The molecule has 0 saturated carbocycles. The Hall–Kier alpha value is -2.02. The third kappa shape index (κ3) is 3.30. The molecule has 0 spiro atoms. The zero-order chi connectivity index (χ0) is 14.5. The topological polar surface area (TPSA) is 87.9 Å². The van der Waals surface area contributed by atoms with Gasteiger partial charge in [0.1, 0.15) is 0 Å². The van der Waals surface area contributed by atoms with E-state index in [9.17, 15) is 4.79 Å². The molecule has 2 aromatic rings. The van der Waals surface area contributed by atoms with Gasteiger partial charge in [0.05, 0.1) is 5.25 Å². The quantitative estimate of drug-likeness (QED) is 0.822. The van der Waals surface area contributed by atoms with Crippen molar-refractivity contribution in [1.82, 2.24) is 15.2 Å². The number of nitrogens with two attached hydrogens (primary N) is 1. The molecule has 1 aromatic heterocycles. The molecule has 0 bridgehead atoms. The Kier molecular flexibility index (Phi) is 4.62. The summed E-state index contributed by atoms with van der Waals surface area (Å²) in [7, 11) is 0. The first-order valence-corrected chi connectivity index (χ1v) is 7.20. The van der Waals surface area contributed by atoms with Crippen molar-refractivity contribution in [3.8, 4) is 0 Å². The van der Waals surface area contributed by atoms with Crippen LogP contribution in [0.1, 0.15) is 13.8 Å². The Morgan fingerprint density at radius 3 is 2.70 bits per heavy atom. The Bertz CT molecular complexity index is 571. The predicted octanol–water partition coefficient (Wildman–Crippen LogP) is 1.92. The number of amides is 1. The van der Waals surface area contributed by atoms with E-state index in [1.54, 1.807) is 4.90 Å². The maximum Gasteiger partial charge on any atom is 0.240 e. The molecule has 1 atom stereocenters. The molecule has 106 valence electrons. The van der Waals surface area contributed by atoms with Crippen molar-refractivity contribution in [2.75, 3.05) is 17.2 Å². The minimum absolute atomic E-state index is 0.0204. The molecular weight excluding hydrogens is 274 g/mol. The third-order valence-electron chi connectivity index (χ3n) is 2.76. The van der Waals surface area contributed by atoms with Gasteiger partial charge in [-0.2, -0.15) is 4.98 Å². The van der Waals surface area contributed by atoms with Gasteiger partial charge in [-0.05, 0) is 26.0 Å². The molecule has 6 nitrogen and oxygen atoms in total. The van der Waals surface area contributed by atoms with E-state index >= 15 is 0 Å². The van der Waals surface area contributed by atoms with E-state index in [1.165, 1.54) is 11.8 Å². The van der Waals surface area contributed by atoms with E-state index in [-0.39, 0.29) is 17.1 Å². The molecule has 0 radical (unpaired) electrons. The molecule has 0 aliphatic carbocycles. The Balaban J connectivity index is 2.08. The van der Waals surface area contributed by atoms with E-state index in [4.69, 9.17) is 5.73 Å². The lowest BCUT2D eigenvalue weighted by Gasteiger charge is -2.23. The highest BCUT2D eigenvalue weighted by Gasteiger charge is 2.22. The summed E-state index contributed by atoms with van der Waals surface area (Å²) < 4.78 is 0. The van der Waals surface area contributed by atoms with Crippen molar-refractivity contribution < 1.29 is 4.79 Å².